The Morgan fingerprint density at radius 1 is 1.22 bits per heavy atom. The molecular formula is C18H18BrN3O. The van der Waals surface area contributed by atoms with Crippen LogP contribution in [0.1, 0.15) is 16.8 Å². The van der Waals surface area contributed by atoms with Crippen LogP contribution in [0, 0.1) is 6.92 Å². The molecule has 0 saturated heterocycles. The molecule has 4 nitrogen and oxygen atoms in total. The van der Waals surface area contributed by atoms with E-state index in [9.17, 15) is 4.79 Å². The van der Waals surface area contributed by atoms with E-state index in [2.05, 4.69) is 51.0 Å². The van der Waals surface area contributed by atoms with Gasteiger partial charge in [0.2, 0.25) is 5.91 Å². The number of hydrogen-bond donors (Lipinski definition) is 2. The van der Waals surface area contributed by atoms with E-state index in [4.69, 9.17) is 5.84 Å². The fraction of sp³-hybridized carbons (Fsp3) is 0.167. The maximum Gasteiger partial charge on any atom is 0.238 e. The van der Waals surface area contributed by atoms with Gasteiger partial charge >= 0.3 is 0 Å². The molecule has 0 unspecified atom stereocenters. The first-order chi connectivity index (χ1) is 11.1. The van der Waals surface area contributed by atoms with Crippen LogP contribution in [0.2, 0.25) is 0 Å². The van der Waals surface area contributed by atoms with Crippen molar-refractivity contribution in [3.63, 3.8) is 0 Å². The number of rotatable bonds is 4. The van der Waals surface area contributed by atoms with E-state index >= 15 is 0 Å². The number of nitrogens with zero attached hydrogens (tertiary/aromatic N) is 1. The molecule has 5 heteroatoms. The highest BCUT2D eigenvalue weighted by molar-refractivity contribution is 9.10. The monoisotopic (exact) mass is 371 g/mol. The van der Waals surface area contributed by atoms with Crippen molar-refractivity contribution in [2.75, 3.05) is 0 Å². The van der Waals surface area contributed by atoms with Gasteiger partial charge in [0.05, 0.1) is 6.42 Å². The van der Waals surface area contributed by atoms with Crippen LogP contribution in [-0.4, -0.2) is 10.5 Å². The molecule has 0 radical (unpaired) electrons. The van der Waals surface area contributed by atoms with Crippen LogP contribution >= 0.6 is 15.9 Å². The largest absolute Gasteiger partial charge is 0.340 e. The summed E-state index contributed by atoms with van der Waals surface area (Å²) >= 11 is 3.54. The van der Waals surface area contributed by atoms with Gasteiger partial charge in [0.15, 0.2) is 0 Å². The van der Waals surface area contributed by atoms with E-state index < -0.39 is 0 Å². The third kappa shape index (κ3) is 3.16. The van der Waals surface area contributed by atoms with Gasteiger partial charge in [0.25, 0.3) is 0 Å². The third-order valence-corrected chi connectivity index (χ3v) is 4.59. The molecule has 1 amide bonds. The number of benzene rings is 2. The molecular weight excluding hydrogens is 354 g/mol. The minimum Gasteiger partial charge on any atom is -0.340 e. The summed E-state index contributed by atoms with van der Waals surface area (Å²) in [7, 11) is 0. The molecule has 1 heterocycles. The molecule has 3 N–H and O–H groups in total. The molecule has 118 valence electrons. The number of halogens is 1. The third-order valence-electron chi connectivity index (χ3n) is 4.10. The fourth-order valence-corrected chi connectivity index (χ4v) is 3.28. The second-order valence-electron chi connectivity index (χ2n) is 5.54. The maximum atomic E-state index is 11.8. The first-order valence-corrected chi connectivity index (χ1v) is 8.20. The van der Waals surface area contributed by atoms with E-state index in [0.717, 1.165) is 33.2 Å². The molecule has 3 rings (SSSR count). The number of amides is 1. The summed E-state index contributed by atoms with van der Waals surface area (Å²) in [5.41, 5.74) is 6.66. The van der Waals surface area contributed by atoms with Crippen molar-refractivity contribution in [2.24, 2.45) is 5.84 Å². The predicted octanol–water partition coefficient (Wildman–Crippen LogP) is 3.29. The molecule has 0 aliphatic carbocycles. The van der Waals surface area contributed by atoms with Gasteiger partial charge in [-0.15, -0.1) is 0 Å². The van der Waals surface area contributed by atoms with Crippen LogP contribution in [0.25, 0.3) is 10.9 Å². The second kappa shape index (κ2) is 6.56. The van der Waals surface area contributed by atoms with Gasteiger partial charge in [0, 0.05) is 27.6 Å². The first-order valence-electron chi connectivity index (χ1n) is 7.40. The number of fused-ring (bicyclic) bond motifs is 1. The Balaban J connectivity index is 2.14. The molecule has 0 atom stereocenters. The van der Waals surface area contributed by atoms with Crippen molar-refractivity contribution in [3.8, 4) is 0 Å². The van der Waals surface area contributed by atoms with E-state index in [1.165, 1.54) is 5.56 Å². The highest BCUT2D eigenvalue weighted by atomic mass is 79.9. The number of carbonyl (C=O) groups excluding carboxylic acids is 1. The van der Waals surface area contributed by atoms with Gasteiger partial charge in [0.1, 0.15) is 0 Å². The normalized spacial score (nSPS) is 10.9. The lowest BCUT2D eigenvalue weighted by Gasteiger charge is -2.09. The number of hydrogen-bond acceptors (Lipinski definition) is 2. The van der Waals surface area contributed by atoms with E-state index in [-0.39, 0.29) is 12.3 Å². The number of nitrogens with one attached hydrogen (secondary N) is 1. The molecule has 1 aromatic heterocycles. The number of nitrogens with two attached hydrogens (primary N) is 1. The van der Waals surface area contributed by atoms with Crippen molar-refractivity contribution >= 4 is 32.7 Å². The van der Waals surface area contributed by atoms with Gasteiger partial charge in [-0.05, 0) is 30.2 Å². The summed E-state index contributed by atoms with van der Waals surface area (Å²) in [6.07, 6.45) is 0.280. The molecule has 23 heavy (non-hydrogen) atoms. The molecule has 3 aromatic rings. The zero-order valence-corrected chi connectivity index (χ0v) is 14.4. The molecule has 0 bridgehead atoms. The fourth-order valence-electron chi connectivity index (χ4n) is 2.93. The van der Waals surface area contributed by atoms with Gasteiger partial charge in [-0.1, -0.05) is 52.3 Å². The van der Waals surface area contributed by atoms with E-state index in [1.54, 1.807) is 0 Å². The average Bonchev–Trinajstić information content (AvgIpc) is 2.81. The number of aromatic nitrogens is 1. The maximum absolute atomic E-state index is 11.8. The quantitative estimate of drug-likeness (QED) is 0.420. The van der Waals surface area contributed by atoms with Crippen LogP contribution in [0.15, 0.2) is 53.0 Å². The highest BCUT2D eigenvalue weighted by Gasteiger charge is 2.16. The Hall–Kier alpha value is -2.11. The smallest absolute Gasteiger partial charge is 0.238 e. The zero-order chi connectivity index (χ0) is 16.4. The molecule has 2 aromatic carbocycles. The van der Waals surface area contributed by atoms with Gasteiger partial charge in [-0.25, -0.2) is 5.84 Å². The molecule has 0 aliphatic rings. The van der Waals surface area contributed by atoms with Crippen molar-refractivity contribution in [3.05, 3.63) is 69.8 Å². The Morgan fingerprint density at radius 3 is 2.65 bits per heavy atom. The van der Waals surface area contributed by atoms with Crippen LogP contribution in [0.4, 0.5) is 0 Å². The zero-order valence-electron chi connectivity index (χ0n) is 12.8. The van der Waals surface area contributed by atoms with Crippen LogP contribution < -0.4 is 11.3 Å². The van der Waals surface area contributed by atoms with Crippen molar-refractivity contribution in [2.45, 2.75) is 19.9 Å². The van der Waals surface area contributed by atoms with Crippen molar-refractivity contribution < 1.29 is 4.79 Å². The highest BCUT2D eigenvalue weighted by Crippen LogP contribution is 2.29. The van der Waals surface area contributed by atoms with Crippen LogP contribution in [0.5, 0.6) is 0 Å². The Kier molecular flexibility index (Phi) is 4.50. The van der Waals surface area contributed by atoms with Gasteiger partial charge in [-0.3, -0.25) is 10.2 Å². The van der Waals surface area contributed by atoms with E-state index in [0.29, 0.717) is 0 Å². The van der Waals surface area contributed by atoms with Crippen molar-refractivity contribution in [1.82, 2.24) is 9.99 Å². The standard InChI is InChI=1S/C18H18BrN3O/c1-12-16(10-18(23)21-20)15-8-7-14(19)9-17(15)22(12)11-13-5-3-2-4-6-13/h2-9H,10-11,20H2,1H3,(H,21,23). The summed E-state index contributed by atoms with van der Waals surface area (Å²) in [6.45, 7) is 2.82. The second-order valence-corrected chi connectivity index (χ2v) is 6.46. The lowest BCUT2D eigenvalue weighted by atomic mass is 10.1. The number of hydrazine groups is 1. The predicted molar refractivity (Wildman–Crippen MR) is 96.0 cm³/mol. The van der Waals surface area contributed by atoms with Crippen LogP contribution in [-0.2, 0) is 17.8 Å². The Labute approximate surface area is 143 Å². The summed E-state index contributed by atoms with van der Waals surface area (Å²) in [5, 5.41) is 1.09. The summed E-state index contributed by atoms with van der Waals surface area (Å²) in [6, 6.07) is 16.4. The molecule has 0 saturated carbocycles. The lowest BCUT2D eigenvalue weighted by molar-refractivity contribution is -0.120. The summed E-state index contributed by atoms with van der Waals surface area (Å²) in [4.78, 5) is 11.8. The number of carbonyl (C=O) groups is 1. The summed E-state index contributed by atoms with van der Waals surface area (Å²) in [5.74, 6) is 5.07. The average molecular weight is 372 g/mol. The molecule has 0 aliphatic heterocycles. The summed E-state index contributed by atoms with van der Waals surface area (Å²) < 4.78 is 3.26. The van der Waals surface area contributed by atoms with Gasteiger partial charge in [-0.2, -0.15) is 0 Å². The molecule has 0 spiro atoms. The van der Waals surface area contributed by atoms with E-state index in [1.807, 2.05) is 30.3 Å². The van der Waals surface area contributed by atoms with Crippen LogP contribution in [0.3, 0.4) is 0 Å². The minimum atomic E-state index is -0.185. The topological polar surface area (TPSA) is 60.1 Å². The van der Waals surface area contributed by atoms with Gasteiger partial charge < -0.3 is 4.57 Å². The Morgan fingerprint density at radius 2 is 1.96 bits per heavy atom. The Bertz CT molecular complexity index is 856. The molecule has 0 fully saturated rings. The lowest BCUT2D eigenvalue weighted by Crippen LogP contribution is -2.31. The first kappa shape index (κ1) is 15.8. The minimum absolute atomic E-state index is 0.185. The van der Waals surface area contributed by atoms with Crippen molar-refractivity contribution in [1.29, 1.82) is 0 Å². The SMILES string of the molecule is Cc1c(CC(=O)NN)c2ccc(Br)cc2n1Cc1ccccc1.